The molecule has 0 heterocycles. The summed E-state index contributed by atoms with van der Waals surface area (Å²) in [6.45, 7) is 0. The molecule has 0 atom stereocenters. The van der Waals surface area contributed by atoms with E-state index in [9.17, 15) is 18.0 Å². The summed E-state index contributed by atoms with van der Waals surface area (Å²) in [4.78, 5) is 10.7. The van der Waals surface area contributed by atoms with E-state index in [0.717, 1.165) is 6.07 Å². The highest BCUT2D eigenvalue weighted by Gasteiger charge is 2.32. The summed E-state index contributed by atoms with van der Waals surface area (Å²) in [7, 11) is 0. The van der Waals surface area contributed by atoms with Gasteiger partial charge in [-0.1, -0.05) is 30.3 Å². The van der Waals surface area contributed by atoms with Crippen molar-refractivity contribution in [2.24, 2.45) is 0 Å². The number of aldehydes is 1. The molecule has 0 aliphatic heterocycles. The topological polar surface area (TPSA) is 17.1 Å². The van der Waals surface area contributed by atoms with Crippen LogP contribution in [-0.2, 0) is 6.18 Å². The molecule has 2 aromatic rings. The van der Waals surface area contributed by atoms with Gasteiger partial charge in [0.1, 0.15) is 0 Å². The minimum Gasteiger partial charge on any atom is -0.298 e. The number of benzene rings is 2. The van der Waals surface area contributed by atoms with Gasteiger partial charge in [-0.25, -0.2) is 0 Å². The van der Waals surface area contributed by atoms with Gasteiger partial charge in [-0.05, 0) is 16.8 Å². The molecule has 0 bridgehead atoms. The van der Waals surface area contributed by atoms with Crippen molar-refractivity contribution in [2.45, 2.75) is 6.18 Å². The van der Waals surface area contributed by atoms with Crippen LogP contribution in [0.2, 0.25) is 0 Å². The summed E-state index contributed by atoms with van der Waals surface area (Å²) >= 11 is 0. The van der Waals surface area contributed by atoms with Crippen LogP contribution in [0.4, 0.5) is 13.2 Å². The highest BCUT2D eigenvalue weighted by molar-refractivity contribution is 5.99. The standard InChI is InChI=1S/C12H7F3O/c13-12(14,15)11-6-5-8(7-16)9-3-1-2-4-10(9)11/h1-7H. The quantitative estimate of drug-likeness (QED) is 0.675. The summed E-state index contributed by atoms with van der Waals surface area (Å²) in [6.07, 6.45) is -3.84. The number of carbonyl (C=O) groups is 1. The molecule has 0 radical (unpaired) electrons. The molecule has 2 aromatic carbocycles. The molecule has 0 unspecified atom stereocenters. The predicted molar refractivity (Wildman–Crippen MR) is 54.3 cm³/mol. The van der Waals surface area contributed by atoms with E-state index in [1.165, 1.54) is 24.3 Å². The van der Waals surface area contributed by atoms with Gasteiger partial charge in [0.05, 0.1) is 5.56 Å². The van der Waals surface area contributed by atoms with Crippen LogP contribution in [-0.4, -0.2) is 6.29 Å². The molecule has 16 heavy (non-hydrogen) atoms. The maximum atomic E-state index is 12.7. The summed E-state index contributed by atoms with van der Waals surface area (Å²) < 4.78 is 38.0. The van der Waals surface area contributed by atoms with Crippen LogP contribution in [0.3, 0.4) is 0 Å². The first-order chi connectivity index (χ1) is 7.54. The van der Waals surface area contributed by atoms with E-state index in [0.29, 0.717) is 11.7 Å². The largest absolute Gasteiger partial charge is 0.417 e. The van der Waals surface area contributed by atoms with Crippen LogP contribution in [0.1, 0.15) is 15.9 Å². The Labute approximate surface area is 89.5 Å². The third-order valence-electron chi connectivity index (χ3n) is 2.39. The second-order valence-electron chi connectivity index (χ2n) is 3.36. The zero-order chi connectivity index (χ0) is 11.8. The van der Waals surface area contributed by atoms with Crippen LogP contribution in [0.25, 0.3) is 10.8 Å². The zero-order valence-electron chi connectivity index (χ0n) is 8.08. The summed E-state index contributed by atoms with van der Waals surface area (Å²) in [5.41, 5.74) is -0.447. The van der Waals surface area contributed by atoms with Crippen LogP contribution < -0.4 is 0 Å². The van der Waals surface area contributed by atoms with E-state index in [1.807, 2.05) is 0 Å². The third-order valence-corrected chi connectivity index (χ3v) is 2.39. The molecule has 4 heteroatoms. The minimum absolute atomic E-state index is 0.0552. The molecule has 1 nitrogen and oxygen atoms in total. The fraction of sp³-hybridized carbons (Fsp3) is 0.0833. The maximum absolute atomic E-state index is 12.7. The first-order valence-electron chi connectivity index (χ1n) is 4.58. The maximum Gasteiger partial charge on any atom is 0.417 e. The first kappa shape index (κ1) is 10.7. The fourth-order valence-electron chi connectivity index (χ4n) is 1.67. The molecule has 0 amide bonds. The number of halogens is 3. The Morgan fingerprint density at radius 1 is 0.938 bits per heavy atom. The number of rotatable bonds is 1. The van der Waals surface area contributed by atoms with E-state index in [4.69, 9.17) is 0 Å². The molecule has 0 aliphatic carbocycles. The van der Waals surface area contributed by atoms with Crippen molar-refractivity contribution < 1.29 is 18.0 Å². The minimum atomic E-state index is -4.40. The Balaban J connectivity index is 2.85. The van der Waals surface area contributed by atoms with Crippen molar-refractivity contribution in [1.29, 1.82) is 0 Å². The molecule has 0 N–H and O–H groups in total. The SMILES string of the molecule is O=Cc1ccc(C(F)(F)F)c2ccccc12. The van der Waals surface area contributed by atoms with Gasteiger partial charge in [0, 0.05) is 5.56 Å². The molecule has 2 rings (SSSR count). The lowest BCUT2D eigenvalue weighted by molar-refractivity contribution is -0.136. The van der Waals surface area contributed by atoms with Crippen molar-refractivity contribution in [3.63, 3.8) is 0 Å². The Bertz CT molecular complexity index is 543. The number of carbonyl (C=O) groups excluding carboxylic acids is 1. The Morgan fingerprint density at radius 3 is 2.12 bits per heavy atom. The molecule has 0 saturated heterocycles. The fourth-order valence-corrected chi connectivity index (χ4v) is 1.67. The molecule has 0 aromatic heterocycles. The van der Waals surface area contributed by atoms with Crippen LogP contribution in [0.15, 0.2) is 36.4 Å². The van der Waals surface area contributed by atoms with Crippen LogP contribution >= 0.6 is 0 Å². The van der Waals surface area contributed by atoms with E-state index >= 15 is 0 Å². The molecule has 0 aliphatic rings. The monoisotopic (exact) mass is 224 g/mol. The normalized spacial score (nSPS) is 11.7. The van der Waals surface area contributed by atoms with Gasteiger partial charge >= 0.3 is 6.18 Å². The third kappa shape index (κ3) is 1.66. The molecular weight excluding hydrogens is 217 g/mol. The number of hydrogen-bond acceptors (Lipinski definition) is 1. The van der Waals surface area contributed by atoms with E-state index in [1.54, 1.807) is 6.07 Å². The molecule has 0 saturated carbocycles. The van der Waals surface area contributed by atoms with E-state index < -0.39 is 11.7 Å². The zero-order valence-corrected chi connectivity index (χ0v) is 8.08. The van der Waals surface area contributed by atoms with Crippen molar-refractivity contribution >= 4 is 17.1 Å². The average Bonchev–Trinajstić information content (AvgIpc) is 2.26. The van der Waals surface area contributed by atoms with Crippen molar-refractivity contribution in [1.82, 2.24) is 0 Å². The highest BCUT2D eigenvalue weighted by atomic mass is 19.4. The smallest absolute Gasteiger partial charge is 0.298 e. The van der Waals surface area contributed by atoms with Gasteiger partial charge in [-0.2, -0.15) is 13.2 Å². The van der Waals surface area contributed by atoms with Gasteiger partial charge in [0.15, 0.2) is 6.29 Å². The Morgan fingerprint density at radius 2 is 1.56 bits per heavy atom. The number of hydrogen-bond donors (Lipinski definition) is 0. The van der Waals surface area contributed by atoms with Gasteiger partial charge in [0.2, 0.25) is 0 Å². The number of alkyl halides is 3. The molecule has 0 fully saturated rings. The summed E-state index contributed by atoms with van der Waals surface area (Å²) in [6, 6.07) is 8.13. The van der Waals surface area contributed by atoms with Gasteiger partial charge in [-0.3, -0.25) is 4.79 Å². The lowest BCUT2D eigenvalue weighted by atomic mass is 10.00. The Kier molecular flexibility index (Phi) is 2.42. The number of fused-ring (bicyclic) bond motifs is 1. The van der Waals surface area contributed by atoms with Gasteiger partial charge < -0.3 is 0 Å². The van der Waals surface area contributed by atoms with Gasteiger partial charge in [0.25, 0.3) is 0 Å². The van der Waals surface area contributed by atoms with Crippen LogP contribution in [0, 0.1) is 0 Å². The summed E-state index contributed by atoms with van der Waals surface area (Å²) in [5, 5.41) is 0.381. The van der Waals surface area contributed by atoms with E-state index in [2.05, 4.69) is 0 Å². The van der Waals surface area contributed by atoms with Crippen molar-refractivity contribution in [2.75, 3.05) is 0 Å². The molecule has 82 valence electrons. The van der Waals surface area contributed by atoms with E-state index in [-0.39, 0.29) is 10.9 Å². The van der Waals surface area contributed by atoms with Crippen molar-refractivity contribution in [3.8, 4) is 0 Å². The van der Waals surface area contributed by atoms with Crippen molar-refractivity contribution in [3.05, 3.63) is 47.5 Å². The molecule has 0 spiro atoms. The summed E-state index contributed by atoms with van der Waals surface area (Å²) in [5.74, 6) is 0. The first-order valence-corrected chi connectivity index (χ1v) is 4.58. The average molecular weight is 224 g/mol. The molecular formula is C12H7F3O. The lowest BCUT2D eigenvalue weighted by Gasteiger charge is -2.11. The second kappa shape index (κ2) is 3.63. The second-order valence-corrected chi connectivity index (χ2v) is 3.36. The lowest BCUT2D eigenvalue weighted by Crippen LogP contribution is -2.06. The predicted octanol–water partition coefficient (Wildman–Crippen LogP) is 3.67. The highest BCUT2D eigenvalue weighted by Crippen LogP contribution is 2.35. The van der Waals surface area contributed by atoms with Crippen LogP contribution in [0.5, 0.6) is 0 Å². The van der Waals surface area contributed by atoms with Gasteiger partial charge in [-0.15, -0.1) is 0 Å². The Hall–Kier alpha value is -1.84.